The van der Waals surface area contributed by atoms with Gasteiger partial charge >= 0.3 is 0 Å². The van der Waals surface area contributed by atoms with Crippen LogP contribution in [-0.2, 0) is 0 Å². The standard InChI is InChI=1S/C27H35N3O2/c1-21-7-3-4-10-25(21)30-15-13-29(14-16-30)24-9-6-12-28(19-24)18-22-17-23-8-5-11-26(31-2)27(23)32-20-22/h3-5,7-8,10-11,17,24H,6,9,12-16,18-20H2,1-2H3. The average Bonchev–Trinajstić information content (AvgIpc) is 2.84. The molecular formula is C27H35N3O2. The quantitative estimate of drug-likeness (QED) is 0.709. The highest BCUT2D eigenvalue weighted by atomic mass is 16.5. The molecule has 1 atom stereocenters. The summed E-state index contributed by atoms with van der Waals surface area (Å²) in [5.41, 5.74) is 5.27. The number of anilines is 1. The van der Waals surface area contributed by atoms with E-state index in [1.54, 1.807) is 7.11 Å². The SMILES string of the molecule is COc1cccc2c1OCC(CN1CCCC(N3CCN(c4ccccc4C)CC3)C1)=C2. The van der Waals surface area contributed by atoms with E-state index in [0.29, 0.717) is 12.6 Å². The number of likely N-dealkylation sites (tertiary alicyclic amines) is 1. The third-order valence-electron chi connectivity index (χ3n) is 7.18. The first-order valence-corrected chi connectivity index (χ1v) is 12.0. The van der Waals surface area contributed by atoms with Gasteiger partial charge in [-0.25, -0.2) is 0 Å². The van der Waals surface area contributed by atoms with E-state index in [0.717, 1.165) is 56.3 Å². The van der Waals surface area contributed by atoms with Crippen molar-refractivity contribution in [3.05, 3.63) is 59.2 Å². The Balaban J connectivity index is 1.18. The Labute approximate surface area is 192 Å². The molecule has 2 aromatic carbocycles. The molecule has 3 aliphatic rings. The monoisotopic (exact) mass is 433 g/mol. The molecule has 0 N–H and O–H groups in total. The van der Waals surface area contributed by atoms with Crippen molar-refractivity contribution in [1.29, 1.82) is 0 Å². The molecule has 0 aromatic heterocycles. The largest absolute Gasteiger partial charge is 0.493 e. The van der Waals surface area contributed by atoms with Gasteiger partial charge < -0.3 is 14.4 Å². The first kappa shape index (κ1) is 21.4. The Morgan fingerprint density at radius 2 is 1.84 bits per heavy atom. The lowest BCUT2D eigenvalue weighted by atomic mass is 10.0. The van der Waals surface area contributed by atoms with Gasteiger partial charge in [0.1, 0.15) is 6.61 Å². The van der Waals surface area contributed by atoms with E-state index < -0.39 is 0 Å². The Hall–Kier alpha value is -2.50. The van der Waals surface area contributed by atoms with Crippen molar-refractivity contribution >= 4 is 11.8 Å². The zero-order valence-electron chi connectivity index (χ0n) is 19.4. The van der Waals surface area contributed by atoms with Gasteiger partial charge in [-0.3, -0.25) is 9.80 Å². The number of piperidine rings is 1. The summed E-state index contributed by atoms with van der Waals surface area (Å²) in [6.45, 7) is 10.8. The second kappa shape index (κ2) is 9.55. The number of piperazine rings is 1. The summed E-state index contributed by atoms with van der Waals surface area (Å²) >= 11 is 0. The summed E-state index contributed by atoms with van der Waals surface area (Å²) in [5, 5.41) is 0. The smallest absolute Gasteiger partial charge is 0.168 e. The summed E-state index contributed by atoms with van der Waals surface area (Å²) in [7, 11) is 1.70. The van der Waals surface area contributed by atoms with Gasteiger partial charge in [0.15, 0.2) is 11.5 Å². The van der Waals surface area contributed by atoms with E-state index in [1.165, 1.54) is 36.2 Å². The van der Waals surface area contributed by atoms with Gasteiger partial charge in [-0.15, -0.1) is 0 Å². The number of rotatable bonds is 5. The zero-order chi connectivity index (χ0) is 21.9. The van der Waals surface area contributed by atoms with Crippen LogP contribution in [0.15, 0.2) is 48.0 Å². The molecule has 3 aliphatic heterocycles. The number of hydrogen-bond acceptors (Lipinski definition) is 5. The van der Waals surface area contributed by atoms with Crippen LogP contribution in [0.5, 0.6) is 11.5 Å². The lowest BCUT2D eigenvalue weighted by Gasteiger charge is -2.44. The molecule has 3 heterocycles. The molecule has 0 saturated carbocycles. The third-order valence-corrected chi connectivity index (χ3v) is 7.18. The molecule has 5 rings (SSSR count). The van der Waals surface area contributed by atoms with Gasteiger partial charge in [0.2, 0.25) is 0 Å². The van der Waals surface area contributed by atoms with Gasteiger partial charge in [0.05, 0.1) is 7.11 Å². The van der Waals surface area contributed by atoms with Crippen LogP contribution in [-0.4, -0.2) is 75.4 Å². The molecule has 170 valence electrons. The predicted octanol–water partition coefficient (Wildman–Crippen LogP) is 4.07. The normalized spacial score (nSPS) is 22.1. The molecule has 0 radical (unpaired) electrons. The number of benzene rings is 2. The van der Waals surface area contributed by atoms with Gasteiger partial charge in [0, 0.05) is 56.6 Å². The maximum atomic E-state index is 6.07. The van der Waals surface area contributed by atoms with Crippen LogP contribution >= 0.6 is 0 Å². The van der Waals surface area contributed by atoms with E-state index in [-0.39, 0.29) is 0 Å². The van der Waals surface area contributed by atoms with Crippen LogP contribution in [0.25, 0.3) is 6.08 Å². The van der Waals surface area contributed by atoms with Gasteiger partial charge in [-0.2, -0.15) is 0 Å². The molecular weight excluding hydrogens is 398 g/mol. The summed E-state index contributed by atoms with van der Waals surface area (Å²) in [6, 6.07) is 15.6. The minimum Gasteiger partial charge on any atom is -0.493 e. The molecule has 0 bridgehead atoms. The number of hydrogen-bond donors (Lipinski definition) is 0. The molecule has 0 amide bonds. The number of methoxy groups -OCH3 is 1. The number of fused-ring (bicyclic) bond motifs is 1. The minimum absolute atomic E-state index is 0.656. The minimum atomic E-state index is 0.656. The Bertz CT molecular complexity index is 965. The molecule has 2 aromatic rings. The molecule has 5 heteroatoms. The van der Waals surface area contributed by atoms with Crippen LogP contribution in [0.4, 0.5) is 5.69 Å². The van der Waals surface area contributed by atoms with Crippen molar-refractivity contribution in [2.45, 2.75) is 25.8 Å². The van der Waals surface area contributed by atoms with Gasteiger partial charge in [0.25, 0.3) is 0 Å². The first-order valence-electron chi connectivity index (χ1n) is 12.0. The van der Waals surface area contributed by atoms with Crippen LogP contribution in [0.1, 0.15) is 24.0 Å². The van der Waals surface area contributed by atoms with Crippen molar-refractivity contribution in [1.82, 2.24) is 9.80 Å². The zero-order valence-corrected chi connectivity index (χ0v) is 19.4. The highest BCUT2D eigenvalue weighted by molar-refractivity contribution is 5.66. The van der Waals surface area contributed by atoms with Gasteiger partial charge in [-0.05, 0) is 55.7 Å². The lowest BCUT2D eigenvalue weighted by Crippen LogP contribution is -2.55. The van der Waals surface area contributed by atoms with E-state index in [2.05, 4.69) is 58.0 Å². The van der Waals surface area contributed by atoms with E-state index in [9.17, 15) is 0 Å². The first-order chi connectivity index (χ1) is 15.7. The second-order valence-electron chi connectivity index (χ2n) is 9.31. The van der Waals surface area contributed by atoms with Crippen molar-refractivity contribution in [3.63, 3.8) is 0 Å². The Kier molecular flexibility index (Phi) is 6.37. The summed E-state index contributed by atoms with van der Waals surface area (Å²) < 4.78 is 11.5. The van der Waals surface area contributed by atoms with Crippen LogP contribution in [0, 0.1) is 6.92 Å². The second-order valence-corrected chi connectivity index (χ2v) is 9.31. The number of ether oxygens (including phenoxy) is 2. The fraction of sp³-hybridized carbons (Fsp3) is 0.481. The van der Waals surface area contributed by atoms with Crippen LogP contribution < -0.4 is 14.4 Å². The molecule has 5 nitrogen and oxygen atoms in total. The average molecular weight is 434 g/mol. The Morgan fingerprint density at radius 3 is 2.66 bits per heavy atom. The van der Waals surface area contributed by atoms with Crippen molar-refractivity contribution in [2.24, 2.45) is 0 Å². The number of para-hydroxylation sites is 2. The fourth-order valence-electron chi connectivity index (χ4n) is 5.49. The molecule has 1 unspecified atom stereocenters. The molecule has 2 saturated heterocycles. The number of aryl methyl sites for hydroxylation is 1. The van der Waals surface area contributed by atoms with Gasteiger partial charge in [-0.1, -0.05) is 30.3 Å². The van der Waals surface area contributed by atoms with Crippen molar-refractivity contribution in [3.8, 4) is 11.5 Å². The van der Waals surface area contributed by atoms with Crippen LogP contribution in [0.2, 0.25) is 0 Å². The Morgan fingerprint density at radius 1 is 1.00 bits per heavy atom. The molecule has 2 fully saturated rings. The van der Waals surface area contributed by atoms with E-state index in [1.807, 2.05) is 12.1 Å². The molecule has 0 aliphatic carbocycles. The topological polar surface area (TPSA) is 28.2 Å². The van der Waals surface area contributed by atoms with Crippen molar-refractivity contribution in [2.75, 3.05) is 64.4 Å². The lowest BCUT2D eigenvalue weighted by molar-refractivity contribution is 0.0964. The summed E-state index contributed by atoms with van der Waals surface area (Å²) in [6.07, 6.45) is 4.89. The maximum absolute atomic E-state index is 6.07. The summed E-state index contributed by atoms with van der Waals surface area (Å²) in [4.78, 5) is 7.91. The van der Waals surface area contributed by atoms with E-state index in [4.69, 9.17) is 9.47 Å². The third kappa shape index (κ3) is 4.50. The fourth-order valence-corrected chi connectivity index (χ4v) is 5.49. The summed E-state index contributed by atoms with van der Waals surface area (Å²) in [5.74, 6) is 1.70. The molecule has 0 spiro atoms. The highest BCUT2D eigenvalue weighted by Gasteiger charge is 2.29. The number of nitrogens with zero attached hydrogens (tertiary/aromatic N) is 3. The van der Waals surface area contributed by atoms with Crippen molar-refractivity contribution < 1.29 is 9.47 Å². The molecule has 32 heavy (non-hydrogen) atoms. The maximum Gasteiger partial charge on any atom is 0.168 e. The predicted molar refractivity (Wildman–Crippen MR) is 131 cm³/mol. The highest BCUT2D eigenvalue weighted by Crippen LogP contribution is 2.35. The van der Waals surface area contributed by atoms with Crippen LogP contribution in [0.3, 0.4) is 0 Å². The van der Waals surface area contributed by atoms with E-state index >= 15 is 0 Å².